The summed E-state index contributed by atoms with van der Waals surface area (Å²) in [6.45, 7) is 6.08. The van der Waals surface area contributed by atoms with E-state index in [1.807, 2.05) is 6.92 Å². The van der Waals surface area contributed by atoms with Crippen molar-refractivity contribution in [1.29, 1.82) is 0 Å². The number of carbonyl (C=O) groups excluding carboxylic acids is 2. The lowest BCUT2D eigenvalue weighted by molar-refractivity contribution is -0.128. The van der Waals surface area contributed by atoms with E-state index in [1.165, 1.54) is 0 Å². The third kappa shape index (κ3) is 6.76. The van der Waals surface area contributed by atoms with Crippen LogP contribution in [0.15, 0.2) is 0 Å². The van der Waals surface area contributed by atoms with Crippen LogP contribution in [0.4, 0.5) is 0 Å². The minimum atomic E-state index is -0.0101. The number of unbranched alkanes of at least 4 members (excludes halogenated alkanes) is 2. The van der Waals surface area contributed by atoms with Gasteiger partial charge in [0.05, 0.1) is 0 Å². The van der Waals surface area contributed by atoms with Gasteiger partial charge < -0.3 is 0 Å². The lowest BCUT2D eigenvalue weighted by Gasteiger charge is -2.12. The molecule has 0 saturated heterocycles. The van der Waals surface area contributed by atoms with Gasteiger partial charge in [-0.05, 0) is 12.8 Å². The summed E-state index contributed by atoms with van der Waals surface area (Å²) < 4.78 is 0. The Kier molecular flexibility index (Phi) is 9.16. The summed E-state index contributed by atoms with van der Waals surface area (Å²) in [5, 5.41) is 0. The Labute approximate surface area is 99.8 Å². The molecule has 0 aliphatic rings. The molecular formula is C14H26O2. The molecule has 2 heteroatoms. The Morgan fingerprint density at radius 1 is 1.00 bits per heavy atom. The van der Waals surface area contributed by atoms with E-state index in [4.69, 9.17) is 0 Å². The summed E-state index contributed by atoms with van der Waals surface area (Å²) in [7, 11) is 0. The van der Waals surface area contributed by atoms with Crippen LogP contribution in [0.1, 0.15) is 72.1 Å². The topological polar surface area (TPSA) is 34.1 Å². The van der Waals surface area contributed by atoms with Gasteiger partial charge in [-0.1, -0.05) is 40.0 Å². The minimum absolute atomic E-state index is 0.0101. The first kappa shape index (κ1) is 15.3. The van der Waals surface area contributed by atoms with E-state index in [-0.39, 0.29) is 17.5 Å². The van der Waals surface area contributed by atoms with Gasteiger partial charge >= 0.3 is 0 Å². The van der Waals surface area contributed by atoms with Crippen LogP contribution in [0.3, 0.4) is 0 Å². The van der Waals surface area contributed by atoms with E-state index in [0.717, 1.165) is 32.1 Å². The van der Waals surface area contributed by atoms with Gasteiger partial charge in [-0.15, -0.1) is 0 Å². The summed E-state index contributed by atoms with van der Waals surface area (Å²) in [4.78, 5) is 23.3. The van der Waals surface area contributed by atoms with Crippen LogP contribution in [-0.4, -0.2) is 11.6 Å². The van der Waals surface area contributed by atoms with E-state index in [0.29, 0.717) is 19.3 Å². The predicted octanol–water partition coefficient (Wildman–Crippen LogP) is 3.92. The van der Waals surface area contributed by atoms with Gasteiger partial charge in [0.15, 0.2) is 0 Å². The molecule has 1 atom stereocenters. The predicted molar refractivity (Wildman–Crippen MR) is 67.5 cm³/mol. The number of hydrogen-bond acceptors (Lipinski definition) is 2. The van der Waals surface area contributed by atoms with Crippen LogP contribution in [0.2, 0.25) is 0 Å². The third-order valence-electron chi connectivity index (χ3n) is 2.97. The molecule has 2 nitrogen and oxygen atoms in total. The van der Waals surface area contributed by atoms with Gasteiger partial charge in [-0.2, -0.15) is 0 Å². The third-order valence-corrected chi connectivity index (χ3v) is 2.97. The molecule has 0 bridgehead atoms. The van der Waals surface area contributed by atoms with Crippen molar-refractivity contribution < 1.29 is 9.59 Å². The second kappa shape index (κ2) is 9.56. The molecule has 0 aliphatic carbocycles. The van der Waals surface area contributed by atoms with Crippen LogP contribution >= 0.6 is 0 Å². The molecule has 16 heavy (non-hydrogen) atoms. The summed E-state index contributed by atoms with van der Waals surface area (Å²) in [5.74, 6) is 0.517. The summed E-state index contributed by atoms with van der Waals surface area (Å²) in [6.07, 6.45) is 6.78. The van der Waals surface area contributed by atoms with Gasteiger partial charge in [0.1, 0.15) is 11.6 Å². The van der Waals surface area contributed by atoms with E-state index >= 15 is 0 Å². The van der Waals surface area contributed by atoms with Crippen LogP contribution in [0.25, 0.3) is 0 Å². The Balaban J connectivity index is 3.97. The highest BCUT2D eigenvalue weighted by atomic mass is 16.1. The smallest absolute Gasteiger partial charge is 0.136 e. The second-order valence-electron chi connectivity index (χ2n) is 4.51. The first-order valence-electron chi connectivity index (χ1n) is 6.70. The van der Waals surface area contributed by atoms with E-state index < -0.39 is 0 Å². The molecule has 0 rings (SSSR count). The fourth-order valence-electron chi connectivity index (χ4n) is 1.96. The van der Waals surface area contributed by atoms with Crippen LogP contribution in [-0.2, 0) is 9.59 Å². The second-order valence-corrected chi connectivity index (χ2v) is 4.51. The maximum atomic E-state index is 11.7. The number of Topliss-reactive ketones (excluding diaryl/α,β-unsaturated/α-hetero) is 2. The fourth-order valence-corrected chi connectivity index (χ4v) is 1.96. The van der Waals surface area contributed by atoms with Crippen molar-refractivity contribution in [3.05, 3.63) is 0 Å². The molecule has 0 aromatic heterocycles. The Morgan fingerprint density at radius 2 is 1.69 bits per heavy atom. The highest BCUT2D eigenvalue weighted by Gasteiger charge is 2.18. The van der Waals surface area contributed by atoms with Gasteiger partial charge in [0.2, 0.25) is 0 Å². The van der Waals surface area contributed by atoms with Crippen LogP contribution in [0.5, 0.6) is 0 Å². The highest BCUT2D eigenvalue weighted by Crippen LogP contribution is 2.16. The summed E-state index contributed by atoms with van der Waals surface area (Å²) >= 11 is 0. The standard InChI is InChI=1S/C14H26O2/c1-4-7-8-10-13(15)11-12(9-5-2)14(16)6-3/h12H,4-11H2,1-3H3. The van der Waals surface area contributed by atoms with Crippen molar-refractivity contribution >= 4 is 11.6 Å². The average molecular weight is 226 g/mol. The van der Waals surface area contributed by atoms with Crippen molar-refractivity contribution in [2.75, 3.05) is 0 Å². The zero-order chi connectivity index (χ0) is 12.4. The van der Waals surface area contributed by atoms with Gasteiger partial charge in [0.25, 0.3) is 0 Å². The molecular weight excluding hydrogens is 200 g/mol. The largest absolute Gasteiger partial charge is 0.300 e. The fraction of sp³-hybridized carbons (Fsp3) is 0.857. The normalized spacial score (nSPS) is 12.4. The molecule has 0 spiro atoms. The zero-order valence-electron chi connectivity index (χ0n) is 11.1. The van der Waals surface area contributed by atoms with Crippen LogP contribution in [0, 0.1) is 5.92 Å². The average Bonchev–Trinajstić information content (AvgIpc) is 2.28. The Morgan fingerprint density at radius 3 is 2.19 bits per heavy atom. The van der Waals surface area contributed by atoms with E-state index in [9.17, 15) is 9.59 Å². The number of hydrogen-bond donors (Lipinski definition) is 0. The lowest BCUT2D eigenvalue weighted by atomic mass is 9.90. The number of rotatable bonds is 10. The highest BCUT2D eigenvalue weighted by molar-refractivity contribution is 5.87. The van der Waals surface area contributed by atoms with Crippen molar-refractivity contribution in [3.8, 4) is 0 Å². The molecule has 1 unspecified atom stereocenters. The molecule has 0 radical (unpaired) electrons. The van der Waals surface area contributed by atoms with E-state index in [1.54, 1.807) is 0 Å². The maximum Gasteiger partial charge on any atom is 0.136 e. The Bertz CT molecular complexity index is 209. The first-order valence-corrected chi connectivity index (χ1v) is 6.70. The minimum Gasteiger partial charge on any atom is -0.300 e. The zero-order valence-corrected chi connectivity index (χ0v) is 11.1. The molecule has 0 amide bonds. The van der Waals surface area contributed by atoms with Crippen LogP contribution < -0.4 is 0 Å². The van der Waals surface area contributed by atoms with Gasteiger partial charge in [-0.25, -0.2) is 0 Å². The van der Waals surface area contributed by atoms with Crippen molar-refractivity contribution in [1.82, 2.24) is 0 Å². The van der Waals surface area contributed by atoms with Crippen molar-refractivity contribution in [3.63, 3.8) is 0 Å². The number of carbonyl (C=O) groups is 2. The molecule has 0 aromatic carbocycles. The quantitative estimate of drug-likeness (QED) is 0.529. The van der Waals surface area contributed by atoms with Gasteiger partial charge in [0, 0.05) is 25.2 Å². The number of ketones is 2. The van der Waals surface area contributed by atoms with Crippen molar-refractivity contribution in [2.24, 2.45) is 5.92 Å². The van der Waals surface area contributed by atoms with Crippen molar-refractivity contribution in [2.45, 2.75) is 72.1 Å². The molecule has 0 aliphatic heterocycles. The molecule has 0 N–H and O–H groups in total. The SMILES string of the molecule is CCCCCC(=O)CC(CCC)C(=O)CC. The molecule has 0 heterocycles. The maximum absolute atomic E-state index is 11.7. The first-order chi connectivity index (χ1) is 7.65. The molecule has 0 saturated carbocycles. The lowest BCUT2D eigenvalue weighted by Crippen LogP contribution is -2.17. The molecule has 0 fully saturated rings. The van der Waals surface area contributed by atoms with E-state index in [2.05, 4.69) is 13.8 Å². The monoisotopic (exact) mass is 226 g/mol. The summed E-state index contributed by atoms with van der Waals surface area (Å²) in [5.41, 5.74) is 0. The van der Waals surface area contributed by atoms with Gasteiger partial charge in [-0.3, -0.25) is 9.59 Å². The summed E-state index contributed by atoms with van der Waals surface area (Å²) in [6, 6.07) is 0. The Hall–Kier alpha value is -0.660. The molecule has 94 valence electrons. The molecule has 0 aromatic rings.